The summed E-state index contributed by atoms with van der Waals surface area (Å²) in [4.78, 5) is 1.70. The Kier molecular flexibility index (Phi) is 2.78. The number of nitrogens with zero attached hydrogens (tertiary/aromatic N) is 4. The van der Waals surface area contributed by atoms with Gasteiger partial charge in [-0.1, -0.05) is 11.6 Å². The van der Waals surface area contributed by atoms with E-state index >= 15 is 0 Å². The second-order valence-electron chi connectivity index (χ2n) is 4.09. The van der Waals surface area contributed by atoms with E-state index in [9.17, 15) is 0 Å². The number of hydrogen-bond donors (Lipinski definition) is 1. The number of benzene rings is 1. The molecule has 0 amide bonds. The molecular weight excluding hydrogens is 238 g/mol. The third-order valence-corrected chi connectivity index (χ3v) is 3.14. The number of tetrazole rings is 1. The van der Waals surface area contributed by atoms with Crippen LogP contribution in [-0.2, 0) is 0 Å². The molecule has 2 heterocycles. The van der Waals surface area contributed by atoms with Crippen molar-refractivity contribution in [3.8, 4) is 11.4 Å². The Morgan fingerprint density at radius 1 is 1.29 bits per heavy atom. The topological polar surface area (TPSA) is 55.6 Å². The molecule has 1 saturated heterocycles. The van der Waals surface area contributed by atoms with Crippen LogP contribution in [0.3, 0.4) is 0 Å². The van der Waals surface area contributed by atoms with Crippen molar-refractivity contribution in [1.82, 2.24) is 25.5 Å². The Bertz CT molecular complexity index is 501. The van der Waals surface area contributed by atoms with Gasteiger partial charge in [0.1, 0.15) is 0 Å². The fourth-order valence-corrected chi connectivity index (χ4v) is 2.06. The number of halogens is 1. The minimum absolute atomic E-state index is 0.323. The zero-order chi connectivity index (χ0) is 11.7. The number of rotatable bonds is 2. The molecule has 0 radical (unpaired) electrons. The maximum absolute atomic E-state index is 5.84. The molecular formula is C11H12ClN5. The second-order valence-corrected chi connectivity index (χ2v) is 4.52. The minimum Gasteiger partial charge on any atom is -0.314 e. The maximum atomic E-state index is 5.84. The zero-order valence-corrected chi connectivity index (χ0v) is 9.93. The second kappa shape index (κ2) is 4.43. The molecule has 17 heavy (non-hydrogen) atoms. The van der Waals surface area contributed by atoms with Crippen LogP contribution >= 0.6 is 11.6 Å². The van der Waals surface area contributed by atoms with E-state index in [0.717, 1.165) is 25.1 Å². The first kappa shape index (κ1) is 10.7. The van der Waals surface area contributed by atoms with Gasteiger partial charge in [-0.2, -0.15) is 4.80 Å². The highest BCUT2D eigenvalue weighted by atomic mass is 35.5. The van der Waals surface area contributed by atoms with E-state index < -0.39 is 0 Å². The lowest BCUT2D eigenvalue weighted by molar-refractivity contribution is 0.424. The summed E-state index contributed by atoms with van der Waals surface area (Å²) in [5, 5.41) is 16.6. The molecule has 0 bridgehead atoms. The van der Waals surface area contributed by atoms with Crippen molar-refractivity contribution in [1.29, 1.82) is 0 Å². The molecule has 6 heteroatoms. The predicted molar refractivity (Wildman–Crippen MR) is 64.8 cm³/mol. The summed E-state index contributed by atoms with van der Waals surface area (Å²) in [5.41, 5.74) is 0.937. The summed E-state index contributed by atoms with van der Waals surface area (Å²) in [7, 11) is 0. The quantitative estimate of drug-likeness (QED) is 0.877. The Morgan fingerprint density at radius 3 is 2.82 bits per heavy atom. The van der Waals surface area contributed by atoms with E-state index in [1.165, 1.54) is 0 Å². The first-order valence-electron chi connectivity index (χ1n) is 5.59. The molecule has 1 unspecified atom stereocenters. The lowest BCUT2D eigenvalue weighted by Crippen LogP contribution is -2.15. The molecule has 88 valence electrons. The molecule has 3 rings (SSSR count). The van der Waals surface area contributed by atoms with Crippen LogP contribution in [0.2, 0.25) is 5.02 Å². The van der Waals surface area contributed by atoms with Gasteiger partial charge in [0, 0.05) is 17.1 Å². The largest absolute Gasteiger partial charge is 0.314 e. The average molecular weight is 250 g/mol. The van der Waals surface area contributed by atoms with Crippen LogP contribution in [0, 0.1) is 0 Å². The van der Waals surface area contributed by atoms with E-state index in [0.29, 0.717) is 16.9 Å². The normalized spacial score (nSPS) is 19.7. The van der Waals surface area contributed by atoms with Crippen LogP contribution < -0.4 is 5.32 Å². The van der Waals surface area contributed by atoms with E-state index in [-0.39, 0.29) is 0 Å². The monoisotopic (exact) mass is 249 g/mol. The first-order chi connectivity index (χ1) is 8.33. The fraction of sp³-hybridized carbons (Fsp3) is 0.364. The fourth-order valence-electron chi connectivity index (χ4n) is 1.93. The van der Waals surface area contributed by atoms with E-state index in [1.807, 2.05) is 24.3 Å². The van der Waals surface area contributed by atoms with Gasteiger partial charge in [0.2, 0.25) is 5.82 Å². The summed E-state index contributed by atoms with van der Waals surface area (Å²) in [6.45, 7) is 1.93. The predicted octanol–water partition coefficient (Wildman–Crippen LogP) is 1.53. The summed E-state index contributed by atoms with van der Waals surface area (Å²) < 4.78 is 0. The van der Waals surface area contributed by atoms with Gasteiger partial charge in [-0.15, -0.1) is 10.2 Å². The molecule has 0 saturated carbocycles. The molecule has 5 nitrogen and oxygen atoms in total. The van der Waals surface area contributed by atoms with E-state index in [2.05, 4.69) is 20.7 Å². The summed E-state index contributed by atoms with van der Waals surface area (Å²) in [6.07, 6.45) is 1.05. The third kappa shape index (κ3) is 2.16. The van der Waals surface area contributed by atoms with Gasteiger partial charge in [-0.05, 0) is 42.4 Å². The van der Waals surface area contributed by atoms with Gasteiger partial charge in [0.15, 0.2) is 0 Å². The Labute approximate surface area is 104 Å². The summed E-state index contributed by atoms with van der Waals surface area (Å²) >= 11 is 5.84. The van der Waals surface area contributed by atoms with E-state index in [1.54, 1.807) is 4.80 Å². The van der Waals surface area contributed by atoms with Crippen molar-refractivity contribution >= 4 is 11.6 Å². The first-order valence-corrected chi connectivity index (χ1v) is 5.97. The van der Waals surface area contributed by atoms with Gasteiger partial charge in [0.05, 0.1) is 6.04 Å². The standard InChI is InChI=1S/C11H12ClN5/c12-9-3-1-8(2-4-9)11-14-16-17(15-11)10-5-6-13-7-10/h1-4,10,13H,5-7H2. The molecule has 1 aromatic heterocycles. The van der Waals surface area contributed by atoms with Crippen molar-refractivity contribution in [2.24, 2.45) is 0 Å². The maximum Gasteiger partial charge on any atom is 0.204 e. The molecule has 1 N–H and O–H groups in total. The number of nitrogens with one attached hydrogen (secondary N) is 1. The molecule has 2 aromatic rings. The Balaban J connectivity index is 1.86. The van der Waals surface area contributed by atoms with Gasteiger partial charge < -0.3 is 5.32 Å². The van der Waals surface area contributed by atoms with Crippen LogP contribution in [-0.4, -0.2) is 33.3 Å². The van der Waals surface area contributed by atoms with Crippen molar-refractivity contribution in [3.63, 3.8) is 0 Å². The molecule has 1 atom stereocenters. The van der Waals surface area contributed by atoms with Gasteiger partial charge in [-0.3, -0.25) is 0 Å². The van der Waals surface area contributed by atoms with Crippen molar-refractivity contribution < 1.29 is 0 Å². The van der Waals surface area contributed by atoms with Gasteiger partial charge in [-0.25, -0.2) is 0 Å². The van der Waals surface area contributed by atoms with E-state index in [4.69, 9.17) is 11.6 Å². The number of hydrogen-bond acceptors (Lipinski definition) is 4. The molecule has 1 aliphatic rings. The highest BCUT2D eigenvalue weighted by Crippen LogP contribution is 2.18. The van der Waals surface area contributed by atoms with Gasteiger partial charge >= 0.3 is 0 Å². The molecule has 0 aliphatic carbocycles. The van der Waals surface area contributed by atoms with Crippen LogP contribution in [0.5, 0.6) is 0 Å². The molecule has 1 aromatic carbocycles. The van der Waals surface area contributed by atoms with Crippen molar-refractivity contribution in [3.05, 3.63) is 29.3 Å². The molecule has 1 aliphatic heterocycles. The lowest BCUT2D eigenvalue weighted by Gasteiger charge is -2.04. The van der Waals surface area contributed by atoms with Crippen LogP contribution in [0.1, 0.15) is 12.5 Å². The SMILES string of the molecule is Clc1ccc(-c2nnn(C3CCNC3)n2)cc1. The molecule has 0 spiro atoms. The van der Waals surface area contributed by atoms with Crippen molar-refractivity contribution in [2.75, 3.05) is 13.1 Å². The summed E-state index contributed by atoms with van der Waals surface area (Å²) in [5.74, 6) is 0.647. The third-order valence-electron chi connectivity index (χ3n) is 2.89. The zero-order valence-electron chi connectivity index (χ0n) is 9.17. The summed E-state index contributed by atoms with van der Waals surface area (Å²) in [6, 6.07) is 7.78. The molecule has 1 fully saturated rings. The Morgan fingerprint density at radius 2 is 2.12 bits per heavy atom. The van der Waals surface area contributed by atoms with Gasteiger partial charge in [0.25, 0.3) is 0 Å². The lowest BCUT2D eigenvalue weighted by atomic mass is 10.2. The average Bonchev–Trinajstić information content (AvgIpc) is 3.00. The van der Waals surface area contributed by atoms with Crippen LogP contribution in [0.4, 0.5) is 0 Å². The van der Waals surface area contributed by atoms with Crippen LogP contribution in [0.25, 0.3) is 11.4 Å². The highest BCUT2D eigenvalue weighted by molar-refractivity contribution is 6.30. The highest BCUT2D eigenvalue weighted by Gasteiger charge is 2.19. The Hall–Kier alpha value is -1.46. The van der Waals surface area contributed by atoms with Crippen LogP contribution in [0.15, 0.2) is 24.3 Å². The number of aromatic nitrogens is 4. The minimum atomic E-state index is 0.323. The smallest absolute Gasteiger partial charge is 0.204 e. The van der Waals surface area contributed by atoms with Crippen molar-refractivity contribution in [2.45, 2.75) is 12.5 Å².